The normalized spacial score (nSPS) is 16.6. The number of rotatable bonds is 8. The number of aromatic nitrogens is 2. The van der Waals surface area contributed by atoms with Crippen molar-refractivity contribution in [2.24, 2.45) is 5.92 Å². The molecule has 0 unspecified atom stereocenters. The van der Waals surface area contributed by atoms with Gasteiger partial charge in [0.1, 0.15) is 5.78 Å². The molecule has 0 spiro atoms. The highest BCUT2D eigenvalue weighted by molar-refractivity contribution is 7.91. The van der Waals surface area contributed by atoms with Crippen molar-refractivity contribution in [1.82, 2.24) is 14.5 Å². The number of carbonyl (C=O) groups excluding carboxylic acids is 1. The summed E-state index contributed by atoms with van der Waals surface area (Å²) < 4.78 is 68.4. The second-order valence-electron chi connectivity index (χ2n) is 9.65. The quantitative estimate of drug-likeness (QED) is 0.393. The number of sulfone groups is 1. The Morgan fingerprint density at radius 1 is 1.12 bits per heavy atom. The maximum absolute atomic E-state index is 14.2. The molecule has 1 aromatic heterocycles. The van der Waals surface area contributed by atoms with Gasteiger partial charge in [0.05, 0.1) is 38.7 Å². The molecule has 1 aliphatic rings. The first-order valence-electron chi connectivity index (χ1n) is 12.5. The lowest BCUT2D eigenvalue weighted by atomic mass is 10.0. The van der Waals surface area contributed by atoms with Crippen molar-refractivity contribution in [3.63, 3.8) is 0 Å². The predicted molar refractivity (Wildman–Crippen MR) is 146 cm³/mol. The fraction of sp³-hybridized carbons (Fsp3) is 0.423. The summed E-state index contributed by atoms with van der Waals surface area (Å²) in [4.78, 5) is 42.4. The molecular weight excluding hydrogens is 594 g/mol. The minimum Gasteiger partial charge on any atom is -0.305 e. The Kier molecular flexibility index (Phi) is 8.56. The lowest BCUT2D eigenvalue weighted by Crippen LogP contribution is -2.36. The fourth-order valence-corrected chi connectivity index (χ4v) is 6.61. The molecule has 4 rings (SSSR count). The van der Waals surface area contributed by atoms with Crippen molar-refractivity contribution >= 4 is 49.7 Å². The van der Waals surface area contributed by atoms with Crippen LogP contribution < -0.4 is 11.2 Å². The summed E-state index contributed by atoms with van der Waals surface area (Å²) in [6.07, 6.45) is -4.04. The number of Topliss-reactive ketones (excluding diaryl/α,β-unsaturated/α-hetero) is 1. The van der Waals surface area contributed by atoms with Gasteiger partial charge in [0, 0.05) is 30.5 Å². The van der Waals surface area contributed by atoms with E-state index in [1.165, 1.54) is 25.1 Å². The summed E-state index contributed by atoms with van der Waals surface area (Å²) in [5.41, 5.74) is -3.74. The van der Waals surface area contributed by atoms with Crippen LogP contribution in [0.5, 0.6) is 0 Å². The second kappa shape index (κ2) is 11.3. The molecule has 0 aliphatic carbocycles. The zero-order chi connectivity index (χ0) is 29.6. The van der Waals surface area contributed by atoms with E-state index in [2.05, 4.69) is 4.98 Å². The van der Waals surface area contributed by atoms with Crippen molar-refractivity contribution in [2.75, 3.05) is 18.8 Å². The van der Waals surface area contributed by atoms with Gasteiger partial charge in [0.15, 0.2) is 9.84 Å². The van der Waals surface area contributed by atoms with Gasteiger partial charge in [-0.3, -0.25) is 19.1 Å². The molecule has 8 nitrogen and oxygen atoms in total. The number of aromatic amines is 1. The molecular formula is C26H26Cl2F3N3O5S. The number of likely N-dealkylation sites (tertiary alicyclic amines) is 1. The highest BCUT2D eigenvalue weighted by Gasteiger charge is 2.37. The van der Waals surface area contributed by atoms with Gasteiger partial charge < -0.3 is 4.98 Å². The van der Waals surface area contributed by atoms with E-state index in [1.54, 1.807) is 11.8 Å². The van der Waals surface area contributed by atoms with E-state index in [4.69, 9.17) is 23.2 Å². The Bertz CT molecular complexity index is 1720. The minimum atomic E-state index is -4.88. The van der Waals surface area contributed by atoms with Crippen LogP contribution in [0.15, 0.2) is 38.8 Å². The molecule has 0 amide bonds. The zero-order valence-electron chi connectivity index (χ0n) is 21.6. The second-order valence-corrected chi connectivity index (χ2v) is 12.7. The fourth-order valence-electron chi connectivity index (χ4n) is 5.00. The molecule has 3 aromatic rings. The lowest BCUT2D eigenvalue weighted by Gasteiger charge is -2.22. The average molecular weight is 620 g/mol. The molecule has 0 bridgehead atoms. The number of nitrogens with zero attached hydrogens (tertiary/aromatic N) is 2. The highest BCUT2D eigenvalue weighted by Crippen LogP contribution is 2.39. The number of benzene rings is 2. The van der Waals surface area contributed by atoms with Crippen molar-refractivity contribution in [3.05, 3.63) is 71.8 Å². The van der Waals surface area contributed by atoms with E-state index in [0.717, 1.165) is 0 Å². The van der Waals surface area contributed by atoms with Gasteiger partial charge in [-0.15, -0.1) is 0 Å². The number of ketones is 1. The van der Waals surface area contributed by atoms with Crippen molar-refractivity contribution < 1.29 is 26.4 Å². The Hall–Kier alpha value is -2.67. The van der Waals surface area contributed by atoms with Crippen molar-refractivity contribution in [1.29, 1.82) is 0 Å². The van der Waals surface area contributed by atoms with Crippen LogP contribution in [-0.2, 0) is 33.9 Å². The number of fused-ring (bicyclic) bond motifs is 1. The lowest BCUT2D eigenvalue weighted by molar-refractivity contribution is -0.138. The third kappa shape index (κ3) is 5.86. The summed E-state index contributed by atoms with van der Waals surface area (Å²) in [5.74, 6) is -0.511. The summed E-state index contributed by atoms with van der Waals surface area (Å²) in [6.45, 7) is 3.03. The summed E-state index contributed by atoms with van der Waals surface area (Å²) in [5, 5.41) is -0.760. The molecule has 0 radical (unpaired) electrons. The third-order valence-corrected chi connectivity index (χ3v) is 9.63. The molecule has 1 aliphatic heterocycles. The maximum Gasteiger partial charge on any atom is 0.416 e. The first-order chi connectivity index (χ1) is 18.7. The average Bonchev–Trinajstić information content (AvgIpc) is 3.36. The first kappa shape index (κ1) is 30.3. The molecule has 216 valence electrons. The standard InChI is InChI=1S/C26H26Cl2F3N3O5S/c1-3-20(35)14-7-8-33(11-14)13-18-19(26(29,30)31)10-17-23(22(18)28)32-25(37)34(24(17)36)12-15-9-16(27)5-6-21(15)40(38,39)4-2/h5-6,9-10,14H,3-4,7-8,11-13H2,1-2H3,(H,32,37)/t14-/m0/s1. The zero-order valence-corrected chi connectivity index (χ0v) is 23.9. The molecule has 2 heterocycles. The van der Waals surface area contributed by atoms with E-state index in [-0.39, 0.29) is 57.1 Å². The molecule has 2 aromatic carbocycles. The molecule has 1 atom stereocenters. The SMILES string of the molecule is CCC(=O)[C@H]1CCN(Cc2c(C(F)(F)F)cc3c(=O)n(Cc4cc(Cl)ccc4S(=O)(=O)CC)c(=O)[nH]c3c2Cl)C1. The summed E-state index contributed by atoms with van der Waals surface area (Å²) >= 11 is 12.5. The van der Waals surface area contributed by atoms with E-state index >= 15 is 0 Å². The van der Waals surface area contributed by atoms with Gasteiger partial charge in [0.2, 0.25) is 0 Å². The number of alkyl halides is 3. The van der Waals surface area contributed by atoms with Gasteiger partial charge >= 0.3 is 11.9 Å². The molecule has 40 heavy (non-hydrogen) atoms. The van der Waals surface area contributed by atoms with Gasteiger partial charge in [-0.2, -0.15) is 13.2 Å². The largest absolute Gasteiger partial charge is 0.416 e. The van der Waals surface area contributed by atoms with Crippen LogP contribution in [0, 0.1) is 5.92 Å². The number of nitrogens with one attached hydrogen (secondary N) is 1. The van der Waals surface area contributed by atoms with Gasteiger partial charge in [-0.05, 0) is 48.4 Å². The number of carbonyl (C=O) groups is 1. The molecule has 1 fully saturated rings. The van der Waals surface area contributed by atoms with Crippen molar-refractivity contribution in [2.45, 2.75) is 50.9 Å². The Morgan fingerprint density at radius 3 is 2.45 bits per heavy atom. The van der Waals surface area contributed by atoms with Gasteiger partial charge in [-0.25, -0.2) is 13.2 Å². The van der Waals surface area contributed by atoms with Crippen LogP contribution in [0.25, 0.3) is 10.9 Å². The van der Waals surface area contributed by atoms with Crippen LogP contribution in [0.3, 0.4) is 0 Å². The van der Waals surface area contributed by atoms with Crippen LogP contribution in [-0.4, -0.2) is 47.5 Å². The topological polar surface area (TPSA) is 109 Å². The minimum absolute atomic E-state index is 0.0302. The Balaban J connectivity index is 1.85. The number of hydrogen-bond donors (Lipinski definition) is 1. The Labute approximate surface area is 237 Å². The highest BCUT2D eigenvalue weighted by atomic mass is 35.5. The smallest absolute Gasteiger partial charge is 0.305 e. The predicted octanol–water partition coefficient (Wildman–Crippen LogP) is 4.66. The van der Waals surface area contributed by atoms with Crippen molar-refractivity contribution in [3.8, 4) is 0 Å². The monoisotopic (exact) mass is 619 g/mol. The van der Waals surface area contributed by atoms with Crippen LogP contribution >= 0.6 is 23.2 Å². The van der Waals surface area contributed by atoms with Gasteiger partial charge in [-0.1, -0.05) is 37.0 Å². The van der Waals surface area contributed by atoms with Crippen LogP contribution in [0.1, 0.15) is 43.4 Å². The molecule has 0 saturated carbocycles. The maximum atomic E-state index is 14.2. The summed E-state index contributed by atoms with van der Waals surface area (Å²) in [7, 11) is -3.78. The number of halogens is 5. The van der Waals surface area contributed by atoms with Crippen LogP contribution in [0.2, 0.25) is 10.0 Å². The molecule has 1 N–H and O–H groups in total. The molecule has 1 saturated heterocycles. The Morgan fingerprint density at radius 2 is 1.82 bits per heavy atom. The van der Waals surface area contributed by atoms with E-state index in [9.17, 15) is 36.0 Å². The van der Waals surface area contributed by atoms with E-state index < -0.39 is 49.8 Å². The van der Waals surface area contributed by atoms with E-state index in [0.29, 0.717) is 30.0 Å². The molecule has 14 heteroatoms. The third-order valence-electron chi connectivity index (χ3n) is 7.15. The number of hydrogen-bond acceptors (Lipinski definition) is 6. The van der Waals surface area contributed by atoms with Crippen LogP contribution in [0.4, 0.5) is 13.2 Å². The first-order valence-corrected chi connectivity index (χ1v) is 14.9. The summed E-state index contributed by atoms with van der Waals surface area (Å²) in [6, 6.07) is 4.53. The van der Waals surface area contributed by atoms with Gasteiger partial charge in [0.25, 0.3) is 5.56 Å². The van der Waals surface area contributed by atoms with E-state index in [1.807, 2.05) is 0 Å². The number of H-pyrrole nitrogens is 1.